The first-order valence-electron chi connectivity index (χ1n) is 12.6. The lowest BCUT2D eigenvalue weighted by Crippen LogP contribution is -2.48. The minimum Gasteiger partial charge on any atom is -0.349 e. The van der Waals surface area contributed by atoms with Gasteiger partial charge in [-0.15, -0.1) is 0 Å². The Hall–Kier alpha value is -1.85. The van der Waals surface area contributed by atoms with E-state index in [-0.39, 0.29) is 5.02 Å². The van der Waals surface area contributed by atoms with Gasteiger partial charge in [-0.25, -0.2) is 8.42 Å². The van der Waals surface area contributed by atoms with Crippen molar-refractivity contribution in [2.24, 2.45) is 0 Å². The summed E-state index contributed by atoms with van der Waals surface area (Å²) in [6.45, 7) is 3.00. The van der Waals surface area contributed by atoms with E-state index in [0.717, 1.165) is 49.7 Å². The summed E-state index contributed by atoms with van der Waals surface area (Å²) in [5, 5.41) is 2.18. The standard InChI is InChI=1S/C26H30Cl2F3N3O3S/c27-20-7-5-9-22(25(20)28)38(36,37)33-23(26(29,30)31)15-24(35)32-21-8-4-6-18-14-17(10-11-19(18)21)16-34-12-2-1-3-13-34/h5,7,9-11,14,21,23,33H,1-4,6,8,12-13,15-16H2,(H,32,35)/t21-,23-/m1/s1. The van der Waals surface area contributed by atoms with E-state index in [2.05, 4.69) is 16.3 Å². The molecule has 2 N–H and O–H groups in total. The molecule has 4 rings (SSSR count). The molecule has 1 heterocycles. The van der Waals surface area contributed by atoms with Crippen molar-refractivity contribution in [2.45, 2.75) is 74.6 Å². The van der Waals surface area contributed by atoms with E-state index in [1.165, 1.54) is 37.0 Å². The maximum absolute atomic E-state index is 13.8. The van der Waals surface area contributed by atoms with Crippen molar-refractivity contribution in [3.63, 3.8) is 0 Å². The number of carbonyl (C=O) groups excluding carboxylic acids is 1. The Morgan fingerprint density at radius 2 is 1.82 bits per heavy atom. The van der Waals surface area contributed by atoms with Crippen molar-refractivity contribution in [2.75, 3.05) is 13.1 Å². The molecule has 0 aromatic heterocycles. The van der Waals surface area contributed by atoms with Gasteiger partial charge in [0.1, 0.15) is 10.9 Å². The molecule has 208 valence electrons. The molecule has 1 fully saturated rings. The number of aryl methyl sites for hydroxylation is 1. The second-order valence-corrected chi connectivity index (χ2v) is 12.3. The highest BCUT2D eigenvalue weighted by molar-refractivity contribution is 7.89. The molecular formula is C26H30Cl2F3N3O3S. The van der Waals surface area contributed by atoms with Gasteiger partial charge in [0.15, 0.2) is 0 Å². The first-order chi connectivity index (χ1) is 17.9. The number of hydrogen-bond donors (Lipinski definition) is 2. The van der Waals surface area contributed by atoms with Gasteiger partial charge in [0, 0.05) is 6.54 Å². The number of amides is 1. The number of halogens is 5. The van der Waals surface area contributed by atoms with Crippen LogP contribution in [-0.2, 0) is 27.8 Å². The third-order valence-corrected chi connectivity index (χ3v) is 9.44. The number of fused-ring (bicyclic) bond motifs is 1. The highest BCUT2D eigenvalue weighted by Crippen LogP contribution is 2.33. The quantitative estimate of drug-likeness (QED) is 0.408. The fourth-order valence-corrected chi connectivity index (χ4v) is 7.08. The molecule has 6 nitrogen and oxygen atoms in total. The van der Waals surface area contributed by atoms with Crippen LogP contribution in [0.3, 0.4) is 0 Å². The first kappa shape index (κ1) is 29.1. The van der Waals surface area contributed by atoms with E-state index in [1.807, 2.05) is 12.1 Å². The molecule has 0 saturated carbocycles. The monoisotopic (exact) mass is 591 g/mol. The average molecular weight is 593 g/mol. The van der Waals surface area contributed by atoms with E-state index in [4.69, 9.17) is 23.2 Å². The molecular weight excluding hydrogens is 562 g/mol. The number of piperidine rings is 1. The molecule has 0 bridgehead atoms. The van der Waals surface area contributed by atoms with Gasteiger partial charge >= 0.3 is 6.18 Å². The molecule has 2 aromatic rings. The summed E-state index contributed by atoms with van der Waals surface area (Å²) in [4.78, 5) is 14.6. The molecule has 2 aromatic carbocycles. The highest BCUT2D eigenvalue weighted by Gasteiger charge is 2.44. The fourth-order valence-electron chi connectivity index (χ4n) is 5.10. The predicted molar refractivity (Wildman–Crippen MR) is 141 cm³/mol. The third kappa shape index (κ3) is 7.21. The van der Waals surface area contributed by atoms with Crippen molar-refractivity contribution in [1.82, 2.24) is 14.9 Å². The summed E-state index contributed by atoms with van der Waals surface area (Å²) in [5.41, 5.74) is 3.16. The lowest BCUT2D eigenvalue weighted by molar-refractivity contribution is -0.158. The first-order valence-corrected chi connectivity index (χ1v) is 14.8. The topological polar surface area (TPSA) is 78.5 Å². The summed E-state index contributed by atoms with van der Waals surface area (Å²) in [7, 11) is -4.71. The van der Waals surface area contributed by atoms with Crippen LogP contribution in [0, 0.1) is 0 Å². The van der Waals surface area contributed by atoms with Gasteiger partial charge in [0.25, 0.3) is 0 Å². The maximum Gasteiger partial charge on any atom is 0.405 e. The van der Waals surface area contributed by atoms with Gasteiger partial charge in [-0.1, -0.05) is 53.9 Å². The van der Waals surface area contributed by atoms with Crippen LogP contribution in [-0.4, -0.2) is 44.5 Å². The summed E-state index contributed by atoms with van der Waals surface area (Å²) < 4.78 is 68.3. The molecule has 1 aliphatic carbocycles. The molecule has 1 saturated heterocycles. The van der Waals surface area contributed by atoms with Gasteiger partial charge in [0.05, 0.1) is 22.5 Å². The van der Waals surface area contributed by atoms with E-state index < -0.39 is 50.5 Å². The van der Waals surface area contributed by atoms with Crippen LogP contribution >= 0.6 is 23.2 Å². The van der Waals surface area contributed by atoms with E-state index in [9.17, 15) is 26.4 Å². The minimum absolute atomic E-state index is 0.120. The summed E-state index contributed by atoms with van der Waals surface area (Å²) >= 11 is 11.7. The Balaban J connectivity index is 1.44. The smallest absolute Gasteiger partial charge is 0.349 e. The molecule has 0 unspecified atom stereocenters. The maximum atomic E-state index is 13.8. The number of rotatable bonds is 8. The molecule has 12 heteroatoms. The molecule has 1 amide bonds. The van der Waals surface area contributed by atoms with Crippen LogP contribution in [0.1, 0.15) is 61.3 Å². The van der Waals surface area contributed by atoms with E-state index in [0.29, 0.717) is 6.42 Å². The number of nitrogens with one attached hydrogen (secondary N) is 2. The summed E-state index contributed by atoms with van der Waals surface area (Å²) in [6, 6.07) is 6.63. The van der Waals surface area contributed by atoms with Gasteiger partial charge < -0.3 is 5.32 Å². The predicted octanol–water partition coefficient (Wildman–Crippen LogP) is 5.77. The number of hydrogen-bond acceptors (Lipinski definition) is 4. The largest absolute Gasteiger partial charge is 0.405 e. The number of sulfonamides is 1. The SMILES string of the molecule is O=C(C[C@@H](NS(=O)(=O)c1cccc(Cl)c1Cl)C(F)(F)F)N[C@@H]1CCCc2cc(CN3CCCCC3)ccc21. The normalized spacial score (nSPS) is 19.6. The molecule has 2 atom stereocenters. The Kier molecular flexibility index (Phi) is 9.30. The zero-order chi connectivity index (χ0) is 27.5. The Bertz CT molecular complexity index is 1270. The number of benzene rings is 2. The third-order valence-electron chi connectivity index (χ3n) is 7.00. The van der Waals surface area contributed by atoms with Crippen LogP contribution in [0.5, 0.6) is 0 Å². The Morgan fingerprint density at radius 3 is 2.53 bits per heavy atom. The van der Waals surface area contributed by atoms with Crippen LogP contribution in [0.15, 0.2) is 41.3 Å². The van der Waals surface area contributed by atoms with Crippen molar-refractivity contribution >= 4 is 39.1 Å². The Morgan fingerprint density at radius 1 is 1.08 bits per heavy atom. The summed E-state index contributed by atoms with van der Waals surface area (Å²) in [6.07, 6.45) is -0.268. The van der Waals surface area contributed by atoms with E-state index in [1.54, 1.807) is 4.72 Å². The molecule has 38 heavy (non-hydrogen) atoms. The number of alkyl halides is 3. The molecule has 0 spiro atoms. The van der Waals surface area contributed by atoms with E-state index >= 15 is 0 Å². The van der Waals surface area contributed by atoms with Crippen LogP contribution in [0.2, 0.25) is 10.0 Å². The second kappa shape index (κ2) is 12.1. The number of carbonyl (C=O) groups is 1. The summed E-state index contributed by atoms with van der Waals surface area (Å²) in [5.74, 6) is -0.901. The second-order valence-electron chi connectivity index (χ2n) is 9.85. The van der Waals surface area contributed by atoms with Gasteiger partial charge in [-0.2, -0.15) is 17.9 Å². The van der Waals surface area contributed by atoms with Crippen LogP contribution in [0.4, 0.5) is 13.2 Å². The lowest BCUT2D eigenvalue weighted by atomic mass is 9.86. The number of nitrogens with zero attached hydrogens (tertiary/aromatic N) is 1. The van der Waals surface area contributed by atoms with Gasteiger partial charge in [-0.05, 0) is 74.0 Å². The molecule has 1 aliphatic heterocycles. The fraction of sp³-hybridized carbons (Fsp3) is 0.500. The highest BCUT2D eigenvalue weighted by atomic mass is 35.5. The number of likely N-dealkylation sites (tertiary alicyclic amines) is 1. The van der Waals surface area contributed by atoms with Crippen molar-refractivity contribution in [3.8, 4) is 0 Å². The van der Waals surface area contributed by atoms with Crippen LogP contribution < -0.4 is 10.0 Å². The van der Waals surface area contributed by atoms with Crippen molar-refractivity contribution in [1.29, 1.82) is 0 Å². The van der Waals surface area contributed by atoms with Gasteiger partial charge in [-0.3, -0.25) is 9.69 Å². The Labute approximate surface area is 230 Å². The zero-order valence-electron chi connectivity index (χ0n) is 20.7. The molecule has 2 aliphatic rings. The average Bonchev–Trinajstić information content (AvgIpc) is 2.85. The lowest BCUT2D eigenvalue weighted by Gasteiger charge is -2.30. The van der Waals surface area contributed by atoms with Crippen LogP contribution in [0.25, 0.3) is 0 Å². The van der Waals surface area contributed by atoms with Crippen molar-refractivity contribution < 1.29 is 26.4 Å². The van der Waals surface area contributed by atoms with Gasteiger partial charge in [0.2, 0.25) is 15.9 Å². The zero-order valence-corrected chi connectivity index (χ0v) is 23.0. The minimum atomic E-state index is -5.01. The van der Waals surface area contributed by atoms with Crippen molar-refractivity contribution in [3.05, 3.63) is 63.1 Å². The molecule has 0 radical (unpaired) electrons.